The monoisotopic (exact) mass is 485 g/mol. The molecule has 4 rings (SSSR count). The van der Waals surface area contributed by atoms with E-state index in [4.69, 9.17) is 14.5 Å². The van der Waals surface area contributed by atoms with Crippen LogP contribution in [0, 0.1) is 6.92 Å². The SMILES string of the molecule is Cc1cc(OCc2ccc(-c3ccc(C(F)(F)F)cc3)nc2C2CC2)ccc1OC(C)(C)C(=O)O. The number of aromatic nitrogens is 1. The average Bonchev–Trinajstić information content (AvgIpc) is 3.64. The fraction of sp³-hybridized carbons (Fsp3) is 0.333. The Kier molecular flexibility index (Phi) is 6.49. The highest BCUT2D eigenvalue weighted by Gasteiger charge is 2.31. The smallest absolute Gasteiger partial charge is 0.416 e. The van der Waals surface area contributed by atoms with Gasteiger partial charge in [-0.15, -0.1) is 0 Å². The van der Waals surface area contributed by atoms with Crippen molar-refractivity contribution in [3.63, 3.8) is 0 Å². The van der Waals surface area contributed by atoms with Gasteiger partial charge in [0.2, 0.25) is 0 Å². The van der Waals surface area contributed by atoms with Crippen molar-refractivity contribution in [1.29, 1.82) is 0 Å². The van der Waals surface area contributed by atoms with E-state index in [0.717, 1.165) is 41.8 Å². The van der Waals surface area contributed by atoms with E-state index in [9.17, 15) is 23.1 Å². The number of halogens is 3. The van der Waals surface area contributed by atoms with Gasteiger partial charge in [0.15, 0.2) is 5.60 Å². The quantitative estimate of drug-likeness (QED) is 0.381. The molecule has 1 aliphatic rings. The van der Waals surface area contributed by atoms with Gasteiger partial charge in [0.05, 0.1) is 17.0 Å². The van der Waals surface area contributed by atoms with E-state index in [-0.39, 0.29) is 6.61 Å². The number of carbonyl (C=O) groups is 1. The van der Waals surface area contributed by atoms with Crippen LogP contribution in [-0.2, 0) is 17.6 Å². The van der Waals surface area contributed by atoms with Gasteiger partial charge in [-0.1, -0.05) is 18.2 Å². The fourth-order valence-corrected chi connectivity index (χ4v) is 3.63. The number of rotatable bonds is 8. The Morgan fingerprint density at radius 1 is 1.06 bits per heavy atom. The summed E-state index contributed by atoms with van der Waals surface area (Å²) in [5.74, 6) is 0.332. The number of ether oxygens (including phenoxy) is 2. The van der Waals surface area contributed by atoms with Gasteiger partial charge in [0, 0.05) is 17.0 Å². The Hall–Kier alpha value is -3.55. The van der Waals surface area contributed by atoms with Crippen LogP contribution in [-0.4, -0.2) is 21.7 Å². The van der Waals surface area contributed by atoms with Crippen LogP contribution in [0.2, 0.25) is 0 Å². The summed E-state index contributed by atoms with van der Waals surface area (Å²) >= 11 is 0. The number of alkyl halides is 3. The molecular weight excluding hydrogens is 459 g/mol. The predicted molar refractivity (Wildman–Crippen MR) is 125 cm³/mol. The first-order valence-electron chi connectivity index (χ1n) is 11.3. The highest BCUT2D eigenvalue weighted by Crippen LogP contribution is 2.42. The van der Waals surface area contributed by atoms with Crippen LogP contribution in [0.3, 0.4) is 0 Å². The van der Waals surface area contributed by atoms with Crippen LogP contribution < -0.4 is 9.47 Å². The number of hydrogen-bond donors (Lipinski definition) is 1. The number of nitrogens with zero attached hydrogens (tertiary/aromatic N) is 1. The van der Waals surface area contributed by atoms with E-state index in [0.29, 0.717) is 28.7 Å². The third-order valence-electron chi connectivity index (χ3n) is 5.91. The molecule has 1 saturated carbocycles. The molecule has 0 unspecified atom stereocenters. The summed E-state index contributed by atoms with van der Waals surface area (Å²) < 4.78 is 50.2. The molecule has 1 aliphatic carbocycles. The van der Waals surface area contributed by atoms with Gasteiger partial charge in [-0.25, -0.2) is 4.79 Å². The number of carboxylic acids is 1. The Morgan fingerprint density at radius 2 is 1.74 bits per heavy atom. The molecule has 0 bridgehead atoms. The summed E-state index contributed by atoms with van der Waals surface area (Å²) in [5, 5.41) is 9.27. The lowest BCUT2D eigenvalue weighted by molar-refractivity contribution is -0.152. The number of aliphatic carboxylic acids is 1. The molecule has 184 valence electrons. The van der Waals surface area contributed by atoms with Crippen molar-refractivity contribution in [2.24, 2.45) is 0 Å². The van der Waals surface area contributed by atoms with Crippen molar-refractivity contribution in [3.05, 3.63) is 77.0 Å². The summed E-state index contributed by atoms with van der Waals surface area (Å²) in [6.07, 6.45) is -2.34. The zero-order valence-electron chi connectivity index (χ0n) is 19.6. The third kappa shape index (κ3) is 5.75. The van der Waals surface area contributed by atoms with Crippen molar-refractivity contribution in [2.75, 3.05) is 0 Å². The standard InChI is InChI=1S/C27H26F3NO4/c1-16-14-21(11-13-23(16)35-26(2,3)25(32)33)34-15-19-8-12-22(31-24(19)18-4-5-18)17-6-9-20(10-7-17)27(28,29)30/h6-14,18H,4-5,15H2,1-3H3,(H,32,33). The first kappa shape index (κ1) is 24.6. The molecule has 0 atom stereocenters. The fourth-order valence-electron chi connectivity index (χ4n) is 3.63. The normalized spacial score (nSPS) is 14.0. The maximum Gasteiger partial charge on any atom is 0.416 e. The molecule has 1 fully saturated rings. The molecule has 0 amide bonds. The zero-order valence-corrected chi connectivity index (χ0v) is 19.6. The summed E-state index contributed by atoms with van der Waals surface area (Å²) in [6.45, 7) is 5.07. The van der Waals surface area contributed by atoms with Crippen molar-refractivity contribution < 1.29 is 32.5 Å². The molecular formula is C27H26F3NO4. The van der Waals surface area contributed by atoms with Gasteiger partial charge in [0.1, 0.15) is 18.1 Å². The van der Waals surface area contributed by atoms with E-state index in [1.807, 2.05) is 13.0 Å². The minimum absolute atomic E-state index is 0.284. The lowest BCUT2D eigenvalue weighted by Crippen LogP contribution is -2.38. The Bertz CT molecular complexity index is 1230. The number of benzene rings is 2. The third-order valence-corrected chi connectivity index (χ3v) is 5.91. The first-order valence-corrected chi connectivity index (χ1v) is 11.3. The molecule has 0 radical (unpaired) electrons. The van der Waals surface area contributed by atoms with E-state index in [1.54, 1.807) is 24.3 Å². The van der Waals surface area contributed by atoms with Crippen molar-refractivity contribution in [3.8, 4) is 22.8 Å². The van der Waals surface area contributed by atoms with E-state index >= 15 is 0 Å². The van der Waals surface area contributed by atoms with E-state index in [2.05, 4.69) is 0 Å². The largest absolute Gasteiger partial charge is 0.489 e. The van der Waals surface area contributed by atoms with Gasteiger partial charge in [-0.05, 0) is 75.6 Å². The van der Waals surface area contributed by atoms with E-state index < -0.39 is 23.3 Å². The van der Waals surface area contributed by atoms with Crippen LogP contribution in [0.15, 0.2) is 54.6 Å². The molecule has 1 N–H and O–H groups in total. The summed E-state index contributed by atoms with van der Waals surface area (Å²) in [6, 6.07) is 13.9. The van der Waals surface area contributed by atoms with Crippen LogP contribution in [0.25, 0.3) is 11.3 Å². The minimum Gasteiger partial charge on any atom is -0.489 e. The summed E-state index contributed by atoms with van der Waals surface area (Å²) in [4.78, 5) is 16.1. The Morgan fingerprint density at radius 3 is 2.31 bits per heavy atom. The Labute approximate surface area is 201 Å². The molecule has 0 spiro atoms. The summed E-state index contributed by atoms with van der Waals surface area (Å²) in [7, 11) is 0. The van der Waals surface area contributed by atoms with Crippen LogP contribution in [0.4, 0.5) is 13.2 Å². The molecule has 3 aromatic rings. The summed E-state index contributed by atoms with van der Waals surface area (Å²) in [5.41, 5.74) is 1.79. The molecule has 0 saturated heterocycles. The predicted octanol–water partition coefficient (Wildman–Crippen LogP) is 6.77. The topological polar surface area (TPSA) is 68.7 Å². The molecule has 5 nitrogen and oxygen atoms in total. The number of hydrogen-bond acceptors (Lipinski definition) is 4. The maximum atomic E-state index is 12.9. The second kappa shape index (κ2) is 9.24. The maximum absolute atomic E-state index is 12.9. The molecule has 8 heteroatoms. The molecule has 1 aromatic heterocycles. The van der Waals surface area contributed by atoms with Crippen molar-refractivity contribution in [1.82, 2.24) is 4.98 Å². The highest BCUT2D eigenvalue weighted by molar-refractivity contribution is 5.76. The van der Waals surface area contributed by atoms with Crippen LogP contribution >= 0.6 is 0 Å². The number of pyridine rings is 1. The lowest BCUT2D eigenvalue weighted by atomic mass is 10.0. The van der Waals surface area contributed by atoms with Gasteiger partial charge in [-0.2, -0.15) is 13.2 Å². The van der Waals surface area contributed by atoms with Crippen molar-refractivity contribution in [2.45, 2.75) is 57.9 Å². The second-order valence-corrected chi connectivity index (χ2v) is 9.22. The molecule has 35 heavy (non-hydrogen) atoms. The van der Waals surface area contributed by atoms with Gasteiger partial charge < -0.3 is 14.6 Å². The first-order chi connectivity index (χ1) is 16.4. The van der Waals surface area contributed by atoms with Gasteiger partial charge in [0.25, 0.3) is 0 Å². The number of carboxylic acid groups (broad SMARTS) is 1. The highest BCUT2D eigenvalue weighted by atomic mass is 19.4. The Balaban J connectivity index is 1.49. The van der Waals surface area contributed by atoms with E-state index in [1.165, 1.54) is 26.0 Å². The minimum atomic E-state index is -4.37. The molecule has 0 aliphatic heterocycles. The average molecular weight is 486 g/mol. The molecule has 1 heterocycles. The van der Waals surface area contributed by atoms with Crippen molar-refractivity contribution >= 4 is 5.97 Å². The zero-order chi connectivity index (χ0) is 25.4. The van der Waals surface area contributed by atoms with Gasteiger partial charge in [-0.3, -0.25) is 4.98 Å². The molecule has 2 aromatic carbocycles. The lowest BCUT2D eigenvalue weighted by Gasteiger charge is -2.23. The van der Waals surface area contributed by atoms with Gasteiger partial charge >= 0.3 is 12.1 Å². The van der Waals surface area contributed by atoms with Crippen LogP contribution in [0.5, 0.6) is 11.5 Å². The number of aryl methyl sites for hydroxylation is 1. The second-order valence-electron chi connectivity index (χ2n) is 9.22. The van der Waals surface area contributed by atoms with Crippen LogP contribution in [0.1, 0.15) is 55.0 Å².